The minimum absolute atomic E-state index is 0. The number of halogens is 4. The standard InChI is InChI=1S/C14H21ClF2N4O3S.HI/c1-3-25(22,23)21-7-6-19-14(18-2)20-9-10-8-11(15)4-5-12(10)24-13(16)17;/h4-5,8,13,21H,3,6-7,9H2,1-2H3,(H2,18,19,20);1H. The van der Waals surface area contributed by atoms with Crippen LogP contribution in [0.2, 0.25) is 5.02 Å². The number of benzene rings is 1. The van der Waals surface area contributed by atoms with Crippen LogP contribution in [0.25, 0.3) is 0 Å². The van der Waals surface area contributed by atoms with E-state index in [1.54, 1.807) is 6.92 Å². The molecule has 7 nitrogen and oxygen atoms in total. The van der Waals surface area contributed by atoms with Crippen LogP contribution >= 0.6 is 35.6 Å². The van der Waals surface area contributed by atoms with Crippen molar-refractivity contribution >= 4 is 51.6 Å². The second kappa shape index (κ2) is 12.5. The molecule has 0 atom stereocenters. The quantitative estimate of drug-likeness (QED) is 0.199. The van der Waals surface area contributed by atoms with E-state index in [4.69, 9.17) is 11.6 Å². The van der Waals surface area contributed by atoms with E-state index < -0.39 is 16.6 Å². The number of sulfonamides is 1. The molecule has 0 aliphatic rings. The molecule has 0 fully saturated rings. The number of rotatable bonds is 9. The molecular formula is C14H22ClF2IN4O3S. The summed E-state index contributed by atoms with van der Waals surface area (Å²) in [6, 6.07) is 4.33. The minimum atomic E-state index is -3.25. The van der Waals surface area contributed by atoms with E-state index in [2.05, 4.69) is 25.1 Å². The Kier molecular flexibility index (Phi) is 12.0. The third kappa shape index (κ3) is 9.69. The normalized spacial score (nSPS) is 11.8. The molecule has 0 spiro atoms. The van der Waals surface area contributed by atoms with Crippen LogP contribution in [0.3, 0.4) is 0 Å². The molecule has 3 N–H and O–H groups in total. The van der Waals surface area contributed by atoms with E-state index in [1.807, 2.05) is 0 Å². The second-order valence-electron chi connectivity index (χ2n) is 4.78. The van der Waals surface area contributed by atoms with Gasteiger partial charge in [-0.3, -0.25) is 4.99 Å². The van der Waals surface area contributed by atoms with Crippen LogP contribution in [0, 0.1) is 0 Å². The number of aliphatic imine (C=N–C) groups is 1. The Balaban J connectivity index is 0.00000625. The Labute approximate surface area is 174 Å². The summed E-state index contributed by atoms with van der Waals surface area (Å²) in [4.78, 5) is 3.97. The number of hydrogen-bond donors (Lipinski definition) is 3. The Bertz CT molecular complexity index is 693. The molecule has 0 aromatic heterocycles. The molecule has 0 saturated heterocycles. The largest absolute Gasteiger partial charge is 0.434 e. The number of ether oxygens (including phenoxy) is 1. The molecule has 1 aromatic carbocycles. The summed E-state index contributed by atoms with van der Waals surface area (Å²) in [5.74, 6) is 0.388. The highest BCUT2D eigenvalue weighted by atomic mass is 127. The third-order valence-corrected chi connectivity index (χ3v) is 4.67. The van der Waals surface area contributed by atoms with E-state index in [9.17, 15) is 17.2 Å². The van der Waals surface area contributed by atoms with Gasteiger partial charge in [0.15, 0.2) is 5.96 Å². The maximum absolute atomic E-state index is 12.4. The van der Waals surface area contributed by atoms with Crippen LogP contribution in [-0.2, 0) is 16.6 Å². The number of nitrogens with zero attached hydrogens (tertiary/aromatic N) is 1. The second-order valence-corrected chi connectivity index (χ2v) is 7.31. The zero-order chi connectivity index (χ0) is 18.9. The summed E-state index contributed by atoms with van der Waals surface area (Å²) in [5.41, 5.74) is 0.433. The summed E-state index contributed by atoms with van der Waals surface area (Å²) in [6.07, 6.45) is 0. The summed E-state index contributed by atoms with van der Waals surface area (Å²) in [6.45, 7) is -0.768. The van der Waals surface area contributed by atoms with E-state index in [0.29, 0.717) is 23.1 Å². The van der Waals surface area contributed by atoms with Crippen molar-refractivity contribution in [3.8, 4) is 5.75 Å². The minimum Gasteiger partial charge on any atom is -0.434 e. The van der Waals surface area contributed by atoms with E-state index in [-0.39, 0.29) is 48.6 Å². The van der Waals surface area contributed by atoms with Gasteiger partial charge >= 0.3 is 6.61 Å². The van der Waals surface area contributed by atoms with Gasteiger partial charge in [0.2, 0.25) is 10.0 Å². The Morgan fingerprint density at radius 3 is 2.58 bits per heavy atom. The fourth-order valence-electron chi connectivity index (χ4n) is 1.79. The fourth-order valence-corrected chi connectivity index (χ4v) is 2.60. The number of alkyl halides is 2. The zero-order valence-electron chi connectivity index (χ0n) is 14.3. The highest BCUT2D eigenvalue weighted by Gasteiger charge is 2.11. The average Bonchev–Trinajstić information content (AvgIpc) is 2.56. The number of guanidine groups is 1. The van der Waals surface area contributed by atoms with Gasteiger partial charge in [-0.25, -0.2) is 13.1 Å². The first-order chi connectivity index (χ1) is 11.8. The molecule has 0 saturated carbocycles. The number of nitrogens with one attached hydrogen (secondary N) is 3. The van der Waals surface area contributed by atoms with Crippen LogP contribution in [0.4, 0.5) is 8.78 Å². The van der Waals surface area contributed by atoms with E-state index >= 15 is 0 Å². The van der Waals surface area contributed by atoms with Crippen LogP contribution in [-0.4, -0.2) is 46.9 Å². The summed E-state index contributed by atoms with van der Waals surface area (Å²) < 4.78 is 54.3. The lowest BCUT2D eigenvalue weighted by Gasteiger charge is -2.15. The maximum atomic E-state index is 12.4. The third-order valence-electron chi connectivity index (χ3n) is 3.03. The van der Waals surface area contributed by atoms with Crippen molar-refractivity contribution in [3.63, 3.8) is 0 Å². The van der Waals surface area contributed by atoms with Crippen LogP contribution in [0.1, 0.15) is 12.5 Å². The summed E-state index contributed by atoms with van der Waals surface area (Å²) >= 11 is 5.88. The highest BCUT2D eigenvalue weighted by Crippen LogP contribution is 2.24. The molecule has 26 heavy (non-hydrogen) atoms. The Morgan fingerprint density at radius 2 is 2.00 bits per heavy atom. The smallest absolute Gasteiger partial charge is 0.387 e. The molecule has 0 aliphatic heterocycles. The molecule has 0 unspecified atom stereocenters. The van der Waals surface area contributed by atoms with Crippen LogP contribution in [0.5, 0.6) is 5.75 Å². The zero-order valence-corrected chi connectivity index (χ0v) is 18.2. The van der Waals surface area contributed by atoms with Gasteiger partial charge in [0.25, 0.3) is 0 Å². The Morgan fingerprint density at radius 1 is 1.31 bits per heavy atom. The summed E-state index contributed by atoms with van der Waals surface area (Å²) in [7, 11) is -1.73. The van der Waals surface area contributed by atoms with Crippen molar-refractivity contribution in [2.75, 3.05) is 25.9 Å². The molecule has 12 heteroatoms. The Hall–Kier alpha value is -0.920. The van der Waals surface area contributed by atoms with Gasteiger partial charge in [-0.15, -0.1) is 24.0 Å². The van der Waals surface area contributed by atoms with Crippen molar-refractivity contribution in [1.82, 2.24) is 15.4 Å². The molecule has 1 aromatic rings. The van der Waals surface area contributed by atoms with Crippen molar-refractivity contribution in [3.05, 3.63) is 28.8 Å². The molecule has 0 aliphatic carbocycles. The van der Waals surface area contributed by atoms with Crippen molar-refractivity contribution in [2.45, 2.75) is 20.1 Å². The lowest BCUT2D eigenvalue weighted by atomic mass is 10.2. The molecule has 1 rings (SSSR count). The number of hydrogen-bond acceptors (Lipinski definition) is 4. The first kappa shape index (κ1) is 25.1. The molecule has 150 valence electrons. The fraction of sp³-hybridized carbons (Fsp3) is 0.500. The van der Waals surface area contributed by atoms with Gasteiger partial charge in [0.1, 0.15) is 5.75 Å². The molecule has 0 amide bonds. The van der Waals surface area contributed by atoms with Crippen molar-refractivity contribution < 1.29 is 21.9 Å². The molecule has 0 radical (unpaired) electrons. The lowest BCUT2D eigenvalue weighted by molar-refractivity contribution is -0.0504. The predicted molar refractivity (Wildman–Crippen MR) is 109 cm³/mol. The van der Waals surface area contributed by atoms with Crippen molar-refractivity contribution in [2.24, 2.45) is 4.99 Å². The topological polar surface area (TPSA) is 91.8 Å². The molecule has 0 bridgehead atoms. The maximum Gasteiger partial charge on any atom is 0.387 e. The summed E-state index contributed by atoms with van der Waals surface area (Å²) in [5, 5.41) is 6.20. The first-order valence-corrected chi connectivity index (χ1v) is 9.45. The highest BCUT2D eigenvalue weighted by molar-refractivity contribution is 14.0. The average molecular weight is 527 g/mol. The van der Waals surface area contributed by atoms with E-state index in [0.717, 1.165) is 0 Å². The van der Waals surface area contributed by atoms with Gasteiger partial charge in [-0.2, -0.15) is 8.78 Å². The molecule has 0 heterocycles. The van der Waals surface area contributed by atoms with Crippen LogP contribution in [0.15, 0.2) is 23.2 Å². The van der Waals surface area contributed by atoms with Gasteiger partial charge in [-0.05, 0) is 25.1 Å². The first-order valence-electron chi connectivity index (χ1n) is 7.42. The van der Waals surface area contributed by atoms with Gasteiger partial charge < -0.3 is 15.4 Å². The van der Waals surface area contributed by atoms with Gasteiger partial charge in [-0.1, -0.05) is 11.6 Å². The van der Waals surface area contributed by atoms with Gasteiger partial charge in [0.05, 0.1) is 5.75 Å². The predicted octanol–water partition coefficient (Wildman–Crippen LogP) is 2.16. The molecular weight excluding hydrogens is 505 g/mol. The monoisotopic (exact) mass is 526 g/mol. The van der Waals surface area contributed by atoms with Crippen LogP contribution < -0.4 is 20.1 Å². The SMILES string of the molecule is CCS(=O)(=O)NCCNC(=NC)NCc1cc(Cl)ccc1OC(F)F.I. The van der Waals surface area contributed by atoms with E-state index in [1.165, 1.54) is 25.2 Å². The van der Waals surface area contributed by atoms with Gasteiger partial charge in [0, 0.05) is 37.3 Å². The van der Waals surface area contributed by atoms with Crippen molar-refractivity contribution in [1.29, 1.82) is 0 Å². The lowest BCUT2D eigenvalue weighted by Crippen LogP contribution is -2.41.